The zero-order valence-electron chi connectivity index (χ0n) is 13.9. The lowest BCUT2D eigenvalue weighted by atomic mass is 10.2. The van der Waals surface area contributed by atoms with E-state index in [9.17, 15) is 4.79 Å². The number of ether oxygens (including phenoxy) is 1. The molecule has 0 aliphatic rings. The lowest BCUT2D eigenvalue weighted by Gasteiger charge is -2.03. The molecule has 0 aliphatic carbocycles. The third kappa shape index (κ3) is 6.98. The topological polar surface area (TPSA) is 26.3 Å². The van der Waals surface area contributed by atoms with Gasteiger partial charge in [0, 0.05) is 26.7 Å². The van der Waals surface area contributed by atoms with Crippen molar-refractivity contribution in [2.24, 2.45) is 0 Å². The highest BCUT2D eigenvalue weighted by Crippen LogP contribution is 2.21. The van der Waals surface area contributed by atoms with Crippen molar-refractivity contribution in [3.05, 3.63) is 86.9 Å². The van der Waals surface area contributed by atoms with Crippen molar-refractivity contribution in [2.75, 3.05) is 0 Å². The summed E-state index contributed by atoms with van der Waals surface area (Å²) in [5.74, 6) is 5.31. The fourth-order valence-electron chi connectivity index (χ4n) is 1.89. The number of allylic oxidation sites excluding steroid dienone is 2. The van der Waals surface area contributed by atoms with Gasteiger partial charge in [0.15, 0.2) is 6.10 Å². The molecule has 5 heteroatoms. The highest BCUT2D eigenvalue weighted by molar-refractivity contribution is 6.35. The predicted octanol–water partition coefficient (Wildman–Crippen LogP) is 6.20. The van der Waals surface area contributed by atoms with Gasteiger partial charge in [-0.25, -0.2) is 4.79 Å². The van der Waals surface area contributed by atoms with Gasteiger partial charge in [0.2, 0.25) is 0 Å². The minimum atomic E-state index is -0.530. The van der Waals surface area contributed by atoms with Crippen LogP contribution in [0.25, 0.3) is 6.08 Å². The molecule has 2 aromatic carbocycles. The minimum Gasteiger partial charge on any atom is -0.446 e. The Labute approximate surface area is 168 Å². The van der Waals surface area contributed by atoms with Crippen molar-refractivity contribution in [3.63, 3.8) is 0 Å². The maximum atomic E-state index is 11.8. The molecule has 1 atom stereocenters. The summed E-state index contributed by atoms with van der Waals surface area (Å²) in [6, 6.07) is 12.3. The van der Waals surface area contributed by atoms with Gasteiger partial charge in [0.25, 0.3) is 0 Å². The molecule has 0 saturated carbocycles. The Balaban J connectivity index is 1.86. The first kappa shape index (κ1) is 20.1. The number of hydrogen-bond donors (Lipinski definition) is 0. The first-order valence-corrected chi connectivity index (χ1v) is 8.85. The van der Waals surface area contributed by atoms with Gasteiger partial charge in [0.1, 0.15) is 0 Å². The molecule has 0 fully saturated rings. The summed E-state index contributed by atoms with van der Waals surface area (Å²) >= 11 is 17.7. The Bertz CT molecular complexity index is 888. The van der Waals surface area contributed by atoms with E-state index in [0.29, 0.717) is 15.1 Å². The average molecular weight is 406 g/mol. The molecule has 0 bridgehead atoms. The predicted molar refractivity (Wildman–Crippen MR) is 109 cm³/mol. The van der Waals surface area contributed by atoms with Gasteiger partial charge < -0.3 is 4.74 Å². The molecular formula is C21H15Cl3O2. The normalized spacial score (nSPS) is 12.0. The Morgan fingerprint density at radius 2 is 1.73 bits per heavy atom. The lowest BCUT2D eigenvalue weighted by Crippen LogP contribution is -2.10. The van der Waals surface area contributed by atoms with Crippen LogP contribution in [-0.4, -0.2) is 12.1 Å². The Morgan fingerprint density at radius 3 is 2.42 bits per heavy atom. The second-order valence-corrected chi connectivity index (χ2v) is 6.52. The summed E-state index contributed by atoms with van der Waals surface area (Å²) in [7, 11) is 0. The summed E-state index contributed by atoms with van der Waals surface area (Å²) in [4.78, 5) is 11.8. The molecule has 0 amide bonds. The third-order valence-corrected chi connectivity index (χ3v) is 3.95. The van der Waals surface area contributed by atoms with E-state index in [1.807, 2.05) is 0 Å². The summed E-state index contributed by atoms with van der Waals surface area (Å²) < 4.78 is 5.18. The van der Waals surface area contributed by atoms with Gasteiger partial charge >= 0.3 is 5.97 Å². The smallest absolute Gasteiger partial charge is 0.331 e. The Morgan fingerprint density at radius 1 is 1.04 bits per heavy atom. The number of benzene rings is 2. The van der Waals surface area contributed by atoms with E-state index in [-0.39, 0.29) is 0 Å². The van der Waals surface area contributed by atoms with Crippen molar-refractivity contribution >= 4 is 46.8 Å². The van der Waals surface area contributed by atoms with Crippen molar-refractivity contribution in [2.45, 2.75) is 13.0 Å². The molecule has 0 radical (unpaired) electrons. The Hall–Kier alpha value is -2.18. The van der Waals surface area contributed by atoms with Crippen LogP contribution in [-0.2, 0) is 9.53 Å². The standard InChI is InChI=1S/C21H15Cl3O2/c1-15(6-7-16-8-11-18(22)12-9-16)26-21(25)5-3-2-4-17-10-13-19(23)14-20(17)24/h2-5,8-15H,1H3/b4-2+,5-3+. The summed E-state index contributed by atoms with van der Waals surface area (Å²) in [6.07, 6.45) is 5.83. The summed E-state index contributed by atoms with van der Waals surface area (Å²) in [5, 5.41) is 1.75. The Kier molecular flexibility index (Phi) is 7.81. The van der Waals surface area contributed by atoms with Crippen LogP contribution in [0, 0.1) is 11.8 Å². The van der Waals surface area contributed by atoms with Gasteiger partial charge in [0.05, 0.1) is 0 Å². The summed E-state index contributed by atoms with van der Waals surface area (Å²) in [6.45, 7) is 1.71. The van der Waals surface area contributed by atoms with E-state index < -0.39 is 12.1 Å². The molecule has 0 N–H and O–H groups in total. The van der Waals surface area contributed by atoms with Gasteiger partial charge in [-0.05, 0) is 48.9 Å². The van der Waals surface area contributed by atoms with E-state index in [2.05, 4.69) is 11.8 Å². The zero-order chi connectivity index (χ0) is 18.9. The fourth-order valence-corrected chi connectivity index (χ4v) is 2.49. The van der Waals surface area contributed by atoms with Crippen LogP contribution < -0.4 is 0 Å². The average Bonchev–Trinajstić information content (AvgIpc) is 2.59. The molecule has 0 aromatic heterocycles. The molecular weight excluding hydrogens is 391 g/mol. The molecule has 2 aromatic rings. The van der Waals surface area contributed by atoms with Crippen LogP contribution in [0.4, 0.5) is 0 Å². The lowest BCUT2D eigenvalue weighted by molar-refractivity contribution is -0.139. The van der Waals surface area contributed by atoms with Crippen LogP contribution in [0.1, 0.15) is 18.1 Å². The van der Waals surface area contributed by atoms with Gasteiger partial charge in [-0.15, -0.1) is 0 Å². The molecule has 2 rings (SSSR count). The van der Waals surface area contributed by atoms with Crippen LogP contribution >= 0.6 is 34.8 Å². The monoisotopic (exact) mass is 404 g/mol. The van der Waals surface area contributed by atoms with Gasteiger partial charge in [-0.3, -0.25) is 0 Å². The largest absolute Gasteiger partial charge is 0.446 e. The molecule has 2 nitrogen and oxygen atoms in total. The number of carbonyl (C=O) groups is 1. The second-order valence-electron chi connectivity index (χ2n) is 5.24. The minimum absolute atomic E-state index is 0.477. The quantitative estimate of drug-likeness (QED) is 0.262. The van der Waals surface area contributed by atoms with Crippen LogP contribution in [0.3, 0.4) is 0 Å². The van der Waals surface area contributed by atoms with Crippen molar-refractivity contribution in [3.8, 4) is 11.8 Å². The molecule has 132 valence electrons. The first-order chi connectivity index (χ1) is 12.4. The molecule has 1 unspecified atom stereocenters. The molecule has 0 aliphatic heterocycles. The van der Waals surface area contributed by atoms with Crippen LogP contribution in [0.5, 0.6) is 0 Å². The van der Waals surface area contributed by atoms with Crippen molar-refractivity contribution < 1.29 is 9.53 Å². The number of esters is 1. The van der Waals surface area contributed by atoms with E-state index in [1.54, 1.807) is 67.6 Å². The molecule has 0 saturated heterocycles. The SMILES string of the molecule is CC(C#Cc1ccc(Cl)cc1)OC(=O)/C=C/C=C/c1ccc(Cl)cc1Cl. The van der Waals surface area contributed by atoms with E-state index in [4.69, 9.17) is 39.5 Å². The van der Waals surface area contributed by atoms with Crippen molar-refractivity contribution in [1.29, 1.82) is 0 Å². The van der Waals surface area contributed by atoms with E-state index in [1.165, 1.54) is 6.08 Å². The zero-order valence-corrected chi connectivity index (χ0v) is 16.1. The van der Waals surface area contributed by atoms with E-state index >= 15 is 0 Å². The van der Waals surface area contributed by atoms with Crippen LogP contribution in [0.2, 0.25) is 15.1 Å². The number of carbonyl (C=O) groups excluding carboxylic acids is 1. The molecule has 0 spiro atoms. The fraction of sp³-hybridized carbons (Fsp3) is 0.0952. The number of halogens is 3. The highest BCUT2D eigenvalue weighted by Gasteiger charge is 2.02. The maximum Gasteiger partial charge on any atom is 0.331 e. The number of rotatable bonds is 4. The number of hydrogen-bond acceptors (Lipinski definition) is 2. The van der Waals surface area contributed by atoms with E-state index in [0.717, 1.165) is 11.1 Å². The van der Waals surface area contributed by atoms with Crippen molar-refractivity contribution in [1.82, 2.24) is 0 Å². The first-order valence-electron chi connectivity index (χ1n) is 7.71. The third-order valence-electron chi connectivity index (χ3n) is 3.14. The molecule has 26 heavy (non-hydrogen) atoms. The second kappa shape index (κ2) is 10.1. The highest BCUT2D eigenvalue weighted by atomic mass is 35.5. The van der Waals surface area contributed by atoms with Gasteiger partial charge in [-0.1, -0.05) is 70.9 Å². The maximum absolute atomic E-state index is 11.8. The summed E-state index contributed by atoms with van der Waals surface area (Å²) in [5.41, 5.74) is 1.60. The molecule has 0 heterocycles. The van der Waals surface area contributed by atoms with Crippen LogP contribution in [0.15, 0.2) is 60.7 Å². The van der Waals surface area contributed by atoms with Gasteiger partial charge in [-0.2, -0.15) is 0 Å².